The third-order valence-corrected chi connectivity index (χ3v) is 7.71. The van der Waals surface area contributed by atoms with Crippen molar-refractivity contribution in [1.29, 1.82) is 0 Å². The minimum absolute atomic E-state index is 0.311. The van der Waals surface area contributed by atoms with E-state index in [9.17, 15) is 0 Å². The molecule has 1 N–H and O–H groups in total. The van der Waals surface area contributed by atoms with Gasteiger partial charge >= 0.3 is 6.33 Å². The summed E-state index contributed by atoms with van der Waals surface area (Å²) in [4.78, 5) is 6.91. The minimum Gasteiger partial charge on any atom is -0.381 e. The molecular formula is C42H91N14O2+. The summed E-state index contributed by atoms with van der Waals surface area (Å²) in [5.74, 6) is 4.28. The van der Waals surface area contributed by atoms with Crippen LogP contribution in [-0.4, -0.2) is 91.2 Å². The van der Waals surface area contributed by atoms with Crippen LogP contribution in [0, 0.1) is 24.7 Å². The van der Waals surface area contributed by atoms with Crippen molar-refractivity contribution in [1.82, 2.24) is 65.3 Å². The average molecular weight is 824 g/mol. The Labute approximate surface area is 355 Å². The number of H-pyrrole nitrogens is 1. The van der Waals surface area contributed by atoms with Crippen LogP contribution in [-0.2, 0) is 16.5 Å². The summed E-state index contributed by atoms with van der Waals surface area (Å²) in [6.07, 6.45) is 11.2. The maximum Gasteiger partial charge on any atom is 0.306 e. The van der Waals surface area contributed by atoms with E-state index < -0.39 is 0 Å². The Morgan fingerprint density at radius 2 is 1.31 bits per heavy atom. The Hall–Kier alpha value is -3.66. The van der Waals surface area contributed by atoms with E-state index in [0.29, 0.717) is 30.1 Å². The van der Waals surface area contributed by atoms with Gasteiger partial charge in [0.05, 0.1) is 19.2 Å². The number of nitrogens with zero attached hydrogens (tertiary/aromatic N) is 13. The second-order valence-electron chi connectivity index (χ2n) is 14.2. The number of aryl methyl sites for hydroxylation is 2. The van der Waals surface area contributed by atoms with Gasteiger partial charge in [-0.1, -0.05) is 96.9 Å². The average Bonchev–Trinajstić information content (AvgIpc) is 4.07. The van der Waals surface area contributed by atoms with E-state index in [0.717, 1.165) is 49.2 Å². The lowest BCUT2D eigenvalue weighted by Crippen LogP contribution is -2.36. The van der Waals surface area contributed by atoms with Crippen LogP contribution in [0.2, 0.25) is 0 Å². The van der Waals surface area contributed by atoms with Crippen molar-refractivity contribution in [2.75, 3.05) is 19.8 Å². The molecule has 16 heteroatoms. The number of hydrogen-bond acceptors (Lipinski definition) is 11. The molecule has 6 rings (SSSR count). The van der Waals surface area contributed by atoms with Crippen LogP contribution in [0.1, 0.15) is 193 Å². The van der Waals surface area contributed by atoms with Gasteiger partial charge in [0.2, 0.25) is 6.33 Å². The summed E-state index contributed by atoms with van der Waals surface area (Å²) in [6, 6.07) is 1.27. The van der Waals surface area contributed by atoms with E-state index in [2.05, 4.69) is 106 Å². The van der Waals surface area contributed by atoms with E-state index in [-0.39, 0.29) is 0 Å². The number of rotatable bonds is 6. The maximum atomic E-state index is 5.41. The van der Waals surface area contributed by atoms with E-state index in [1.807, 2.05) is 99.3 Å². The van der Waals surface area contributed by atoms with E-state index in [1.165, 1.54) is 24.1 Å². The highest BCUT2D eigenvalue weighted by Gasteiger charge is 2.18. The molecule has 4 aromatic heterocycles. The van der Waals surface area contributed by atoms with Gasteiger partial charge < -0.3 is 14.0 Å². The summed E-state index contributed by atoms with van der Waals surface area (Å²) < 4.78 is 14.5. The van der Waals surface area contributed by atoms with Crippen molar-refractivity contribution in [3.05, 3.63) is 37.0 Å². The molecule has 2 aliphatic rings. The Morgan fingerprint density at radius 3 is 1.52 bits per heavy atom. The Kier molecular flexibility index (Phi) is 42.2. The molecule has 2 aliphatic heterocycles. The zero-order valence-corrected chi connectivity index (χ0v) is 41.3. The molecule has 4 aromatic rings. The van der Waals surface area contributed by atoms with Crippen LogP contribution >= 0.6 is 0 Å². The summed E-state index contributed by atoms with van der Waals surface area (Å²) in [6.45, 7) is 46.2. The summed E-state index contributed by atoms with van der Waals surface area (Å²) in [7, 11) is 1.76. The molecule has 0 aliphatic carbocycles. The molecule has 2 atom stereocenters. The fourth-order valence-corrected chi connectivity index (χ4v) is 4.25. The highest BCUT2D eigenvalue weighted by Crippen LogP contribution is 2.20. The highest BCUT2D eigenvalue weighted by molar-refractivity contribution is 4.84. The van der Waals surface area contributed by atoms with E-state index >= 15 is 0 Å². The lowest BCUT2D eigenvalue weighted by molar-refractivity contribution is -0.768. The molecule has 16 nitrogen and oxygen atoms in total. The first kappa shape index (κ1) is 61.0. The zero-order chi connectivity index (χ0) is 45.6. The van der Waals surface area contributed by atoms with Gasteiger partial charge in [0.1, 0.15) is 18.7 Å². The number of hydrogen-bond donors (Lipinski definition) is 1. The second-order valence-corrected chi connectivity index (χ2v) is 14.2. The molecule has 0 spiro atoms. The Morgan fingerprint density at radius 1 is 0.724 bits per heavy atom. The molecule has 0 bridgehead atoms. The van der Waals surface area contributed by atoms with Crippen LogP contribution in [0.5, 0.6) is 0 Å². The lowest BCUT2D eigenvalue weighted by atomic mass is 9.96. The van der Waals surface area contributed by atoms with Crippen LogP contribution in [0.4, 0.5) is 0 Å². The van der Waals surface area contributed by atoms with Gasteiger partial charge in [0, 0.05) is 31.8 Å². The van der Waals surface area contributed by atoms with Gasteiger partial charge in [0.15, 0.2) is 11.6 Å². The first-order valence-electron chi connectivity index (χ1n) is 22.0. The molecule has 2 fully saturated rings. The molecule has 6 heterocycles. The van der Waals surface area contributed by atoms with Gasteiger partial charge in [0.25, 0.3) is 0 Å². The fourth-order valence-electron chi connectivity index (χ4n) is 4.25. The number of aromatic nitrogens is 14. The van der Waals surface area contributed by atoms with Crippen LogP contribution in [0.25, 0.3) is 0 Å². The summed E-state index contributed by atoms with van der Waals surface area (Å²) in [5.41, 5.74) is 0. The van der Waals surface area contributed by atoms with Crippen LogP contribution in [0.15, 0.2) is 25.3 Å². The maximum absolute atomic E-state index is 5.41. The fraction of sp³-hybridized carbons (Fsp3) is 0.857. The summed E-state index contributed by atoms with van der Waals surface area (Å²) in [5, 5.41) is 33.3. The van der Waals surface area contributed by atoms with Crippen molar-refractivity contribution in [2.24, 2.45) is 24.8 Å². The highest BCUT2D eigenvalue weighted by atomic mass is 16.5. The molecule has 58 heavy (non-hydrogen) atoms. The number of tetrazole rings is 2. The van der Waals surface area contributed by atoms with Gasteiger partial charge in [-0.15, -0.1) is 30.6 Å². The normalized spacial score (nSPS) is 14.8. The molecular weight excluding hydrogens is 733 g/mol. The van der Waals surface area contributed by atoms with Crippen LogP contribution in [0.3, 0.4) is 0 Å². The third-order valence-electron chi connectivity index (χ3n) is 7.71. The largest absolute Gasteiger partial charge is 0.381 e. The van der Waals surface area contributed by atoms with Gasteiger partial charge in [-0.2, -0.15) is 19.4 Å². The first-order valence-corrected chi connectivity index (χ1v) is 22.0. The molecule has 2 saturated heterocycles. The van der Waals surface area contributed by atoms with Crippen molar-refractivity contribution < 1.29 is 14.2 Å². The van der Waals surface area contributed by atoms with Crippen molar-refractivity contribution in [3.8, 4) is 0 Å². The zero-order valence-electron chi connectivity index (χ0n) is 41.3. The molecule has 0 aromatic carbocycles. The number of nitrogens with one attached hydrogen (secondary N) is 1. The molecule has 340 valence electrons. The second kappa shape index (κ2) is 40.1. The monoisotopic (exact) mass is 824 g/mol. The predicted octanol–water partition coefficient (Wildman–Crippen LogP) is 9.64. The Bertz CT molecular complexity index is 1220. The molecule has 0 radical (unpaired) electrons. The quantitative estimate of drug-likeness (QED) is 0.184. The SMILES string of the molecule is CC.CC.CC.CC.CC(C)C1CCCO1.CC(C)C1CCOC1.CC(C)[n+]1cnc[nH]1.CC(C)c1nnn(C)n1.CC(C)n1cnnc1.Cc1nnn(C(C)C)n1. The van der Waals surface area contributed by atoms with Crippen molar-refractivity contribution >= 4 is 0 Å². The molecule has 2 unspecified atom stereocenters. The molecule has 0 amide bonds. The smallest absolute Gasteiger partial charge is 0.306 e. The topological polar surface area (TPSA) is 169 Å². The van der Waals surface area contributed by atoms with Crippen LogP contribution < -0.4 is 4.68 Å². The van der Waals surface area contributed by atoms with E-state index in [1.54, 1.807) is 37.2 Å². The van der Waals surface area contributed by atoms with Crippen molar-refractivity contribution in [2.45, 2.75) is 195 Å². The third kappa shape index (κ3) is 31.3. The first-order chi connectivity index (χ1) is 27.6. The minimum atomic E-state index is 0.311. The van der Waals surface area contributed by atoms with E-state index in [4.69, 9.17) is 9.47 Å². The number of ether oxygens (including phenoxy) is 2. The molecule has 0 saturated carbocycles. The van der Waals surface area contributed by atoms with Gasteiger partial charge in [-0.05, 0) is 101 Å². The van der Waals surface area contributed by atoms with Gasteiger partial charge in [-0.3, -0.25) is 0 Å². The predicted molar refractivity (Wildman–Crippen MR) is 238 cm³/mol. The Balaban J connectivity index is -0.000000291. The van der Waals surface area contributed by atoms with Crippen molar-refractivity contribution in [3.63, 3.8) is 0 Å². The summed E-state index contributed by atoms with van der Waals surface area (Å²) >= 11 is 0. The lowest BCUT2D eigenvalue weighted by Gasteiger charge is -2.11. The van der Waals surface area contributed by atoms with Gasteiger partial charge in [-0.25, -0.2) is 0 Å². The standard InChI is InChI=1S/2C7H14O.2C5H10N4.2C5H9N3.4C2H6/c1-6(2)7-3-4-8-5-7;1-6(2)7-4-3-5-8-7;1-4(2)5-6-8-9(3)7-5;1-4(2)9-7-5(3)6-8-9;1-5(2)8-3-6-7-4-8;1-5(2)8-4-6-3-7-8;4*1-2/h2*6-7H,3-5H2,1-2H3;2*4H,1-3H3;2*3-5H,1-2H3;4*1-2H3/p+1. The number of aromatic amines is 1.